The topological polar surface area (TPSA) is 18.5 Å². The van der Waals surface area contributed by atoms with Gasteiger partial charge in [-0.05, 0) is 43.2 Å². The number of hydrogen-bond donors (Lipinski definition) is 0. The van der Waals surface area contributed by atoms with Crippen molar-refractivity contribution in [3.8, 4) is 5.75 Å². The Kier molecular flexibility index (Phi) is 9.18. The molecule has 0 heterocycles. The lowest BCUT2D eigenvalue weighted by atomic mass is 9.73. The Morgan fingerprint density at radius 2 is 1.67 bits per heavy atom. The Labute approximate surface area is 185 Å². The molecule has 0 aliphatic heterocycles. The Balaban J connectivity index is 1.93. The smallest absolute Gasteiger partial charge is 0.190 e. The maximum atomic E-state index is 6.20. The highest BCUT2D eigenvalue weighted by molar-refractivity contribution is 5.27. The summed E-state index contributed by atoms with van der Waals surface area (Å²) in [5, 5.41) is 0. The van der Waals surface area contributed by atoms with Gasteiger partial charge in [0.15, 0.2) is 6.23 Å². The molecule has 1 aromatic carbocycles. The Morgan fingerprint density at radius 1 is 0.967 bits per heavy atom. The molecule has 2 rings (SSSR count). The van der Waals surface area contributed by atoms with Crippen LogP contribution in [0.2, 0.25) is 0 Å². The molecule has 0 spiro atoms. The van der Waals surface area contributed by atoms with Gasteiger partial charge in [-0.1, -0.05) is 69.7 Å². The minimum absolute atomic E-state index is 0.114. The molecule has 0 radical (unpaired) electrons. The molecule has 3 nitrogen and oxygen atoms in total. The van der Waals surface area contributed by atoms with Gasteiger partial charge in [-0.3, -0.25) is 0 Å². The molecule has 0 fully saturated rings. The number of para-hydroxylation sites is 1. The Morgan fingerprint density at radius 3 is 2.23 bits per heavy atom. The third-order valence-electron chi connectivity index (χ3n) is 6.04. The molecule has 0 bridgehead atoms. The summed E-state index contributed by atoms with van der Waals surface area (Å²) in [5.74, 6) is 2.28. The van der Waals surface area contributed by atoms with Crippen LogP contribution in [0.25, 0.3) is 0 Å². The van der Waals surface area contributed by atoms with Crippen molar-refractivity contribution in [2.75, 3.05) is 33.9 Å². The molecular weight excluding hydrogens is 370 g/mol. The predicted octanol–water partition coefficient (Wildman–Crippen LogP) is 6.47. The standard InChI is InChI=1S/C27H44NO2/c1-22(2)19-25-13-15-27(16-14-25,20-23(3)4)21-28(6,7)24(5)29-17-18-30-26-11-9-8-10-12-26/h8-15,22-24H,16-21H2,1-7H3/q+1. The molecule has 0 amide bonds. The molecule has 1 aliphatic rings. The molecule has 3 heteroatoms. The Hall–Kier alpha value is -1.58. The molecule has 0 saturated carbocycles. The van der Waals surface area contributed by atoms with Crippen molar-refractivity contribution in [2.24, 2.45) is 17.3 Å². The summed E-state index contributed by atoms with van der Waals surface area (Å²) in [6.07, 6.45) is 11.0. The number of rotatable bonds is 12. The normalized spacial score (nSPS) is 20.5. The molecule has 0 saturated heterocycles. The van der Waals surface area contributed by atoms with E-state index in [0.29, 0.717) is 25.0 Å². The second-order valence-corrected chi connectivity index (χ2v) is 10.4. The van der Waals surface area contributed by atoms with Gasteiger partial charge in [-0.25, -0.2) is 0 Å². The SMILES string of the molecule is CC(C)CC1=CCC(CC(C)C)(C[N+](C)(C)C(C)OCCOc2ccccc2)C=C1. The second kappa shape index (κ2) is 11.2. The van der Waals surface area contributed by atoms with Gasteiger partial charge in [0.1, 0.15) is 12.4 Å². The summed E-state index contributed by atoms with van der Waals surface area (Å²) in [4.78, 5) is 0. The first-order chi connectivity index (χ1) is 14.1. The van der Waals surface area contributed by atoms with E-state index >= 15 is 0 Å². The van der Waals surface area contributed by atoms with Gasteiger partial charge in [0.25, 0.3) is 0 Å². The third kappa shape index (κ3) is 7.92. The summed E-state index contributed by atoms with van der Waals surface area (Å²) in [7, 11) is 4.60. The third-order valence-corrected chi connectivity index (χ3v) is 6.04. The van der Waals surface area contributed by atoms with Crippen molar-refractivity contribution in [3.63, 3.8) is 0 Å². The number of quaternary nitrogens is 1. The number of benzene rings is 1. The summed E-state index contributed by atoms with van der Waals surface area (Å²) < 4.78 is 12.8. The van der Waals surface area contributed by atoms with Crippen molar-refractivity contribution < 1.29 is 14.0 Å². The first-order valence-electron chi connectivity index (χ1n) is 11.6. The fourth-order valence-corrected chi connectivity index (χ4v) is 4.56. The van der Waals surface area contributed by atoms with E-state index in [1.54, 1.807) is 0 Å². The first kappa shape index (κ1) is 24.7. The predicted molar refractivity (Wildman–Crippen MR) is 128 cm³/mol. The van der Waals surface area contributed by atoms with Gasteiger partial charge < -0.3 is 14.0 Å². The number of ether oxygens (including phenoxy) is 2. The summed E-state index contributed by atoms with van der Waals surface area (Å²) >= 11 is 0. The number of hydrogen-bond acceptors (Lipinski definition) is 2. The van der Waals surface area contributed by atoms with Crippen LogP contribution in [-0.4, -0.2) is 44.6 Å². The molecule has 0 aromatic heterocycles. The van der Waals surface area contributed by atoms with E-state index in [4.69, 9.17) is 9.47 Å². The summed E-state index contributed by atoms with van der Waals surface area (Å²) in [6.45, 7) is 13.7. The van der Waals surface area contributed by atoms with Crippen molar-refractivity contribution in [2.45, 2.75) is 60.1 Å². The van der Waals surface area contributed by atoms with Gasteiger partial charge in [-0.2, -0.15) is 0 Å². The van der Waals surface area contributed by atoms with Crippen LogP contribution < -0.4 is 4.74 Å². The average Bonchev–Trinajstić information content (AvgIpc) is 2.66. The average molecular weight is 415 g/mol. The van der Waals surface area contributed by atoms with Crippen molar-refractivity contribution in [1.29, 1.82) is 0 Å². The number of nitrogens with zero attached hydrogens (tertiary/aromatic N) is 1. The summed E-state index contributed by atoms with van der Waals surface area (Å²) in [5.41, 5.74) is 1.70. The lowest BCUT2D eigenvalue weighted by molar-refractivity contribution is -0.940. The van der Waals surface area contributed by atoms with Crippen LogP contribution in [0.3, 0.4) is 0 Å². The van der Waals surface area contributed by atoms with E-state index in [-0.39, 0.29) is 11.6 Å². The maximum absolute atomic E-state index is 6.20. The lowest BCUT2D eigenvalue weighted by Crippen LogP contribution is -2.54. The van der Waals surface area contributed by atoms with E-state index in [0.717, 1.165) is 23.2 Å². The lowest BCUT2D eigenvalue weighted by Gasteiger charge is -2.44. The van der Waals surface area contributed by atoms with Gasteiger partial charge in [-0.15, -0.1) is 0 Å². The van der Waals surface area contributed by atoms with E-state index in [1.807, 2.05) is 30.3 Å². The van der Waals surface area contributed by atoms with Gasteiger partial charge in [0, 0.05) is 12.3 Å². The molecule has 2 unspecified atom stereocenters. The van der Waals surface area contributed by atoms with E-state index < -0.39 is 0 Å². The van der Waals surface area contributed by atoms with Crippen LogP contribution in [0, 0.1) is 17.3 Å². The van der Waals surface area contributed by atoms with Crippen molar-refractivity contribution in [3.05, 3.63) is 54.1 Å². The minimum Gasteiger partial charge on any atom is -0.491 e. The molecule has 1 aromatic rings. The molecule has 168 valence electrons. The first-order valence-corrected chi connectivity index (χ1v) is 11.6. The second-order valence-electron chi connectivity index (χ2n) is 10.4. The van der Waals surface area contributed by atoms with Crippen molar-refractivity contribution in [1.82, 2.24) is 0 Å². The van der Waals surface area contributed by atoms with Crippen LogP contribution >= 0.6 is 0 Å². The zero-order valence-corrected chi connectivity index (χ0v) is 20.4. The largest absolute Gasteiger partial charge is 0.491 e. The quantitative estimate of drug-likeness (QED) is 0.222. The highest BCUT2D eigenvalue weighted by atomic mass is 16.5. The van der Waals surface area contributed by atoms with Crippen LogP contribution in [-0.2, 0) is 4.74 Å². The van der Waals surface area contributed by atoms with E-state index in [1.165, 1.54) is 18.4 Å². The minimum atomic E-state index is 0.114. The highest BCUT2D eigenvalue weighted by Gasteiger charge is 2.39. The monoisotopic (exact) mass is 414 g/mol. The van der Waals surface area contributed by atoms with Gasteiger partial charge in [0.2, 0.25) is 0 Å². The van der Waals surface area contributed by atoms with Crippen LogP contribution in [0.1, 0.15) is 53.9 Å². The Bertz CT molecular complexity index is 690. The molecular formula is C27H44NO2+. The van der Waals surface area contributed by atoms with Crippen molar-refractivity contribution >= 4 is 0 Å². The molecule has 1 aliphatic carbocycles. The molecule has 2 atom stereocenters. The van der Waals surface area contributed by atoms with Crippen LogP contribution in [0.4, 0.5) is 0 Å². The maximum Gasteiger partial charge on any atom is 0.190 e. The highest BCUT2D eigenvalue weighted by Crippen LogP contribution is 2.39. The zero-order chi connectivity index (χ0) is 22.2. The van der Waals surface area contributed by atoms with Gasteiger partial charge in [0.05, 0.1) is 27.2 Å². The number of allylic oxidation sites excluding steroid dienone is 3. The van der Waals surface area contributed by atoms with E-state index in [2.05, 4.69) is 66.9 Å². The van der Waals surface area contributed by atoms with Crippen LogP contribution in [0.15, 0.2) is 54.1 Å². The zero-order valence-electron chi connectivity index (χ0n) is 20.4. The van der Waals surface area contributed by atoms with Crippen LogP contribution in [0.5, 0.6) is 5.75 Å². The summed E-state index contributed by atoms with van der Waals surface area (Å²) in [6, 6.07) is 9.95. The van der Waals surface area contributed by atoms with Gasteiger partial charge >= 0.3 is 0 Å². The fraction of sp³-hybridized carbons (Fsp3) is 0.630. The fourth-order valence-electron chi connectivity index (χ4n) is 4.56. The molecule has 30 heavy (non-hydrogen) atoms. The molecule has 0 N–H and O–H groups in total. The van der Waals surface area contributed by atoms with E-state index in [9.17, 15) is 0 Å².